The third-order valence-corrected chi connectivity index (χ3v) is 7.61. The molecule has 0 unspecified atom stereocenters. The van der Waals surface area contributed by atoms with Gasteiger partial charge in [-0.25, -0.2) is 8.42 Å². The van der Waals surface area contributed by atoms with Crippen LogP contribution in [0.4, 0.5) is 0 Å². The van der Waals surface area contributed by atoms with Gasteiger partial charge in [0.2, 0.25) is 5.91 Å². The van der Waals surface area contributed by atoms with Crippen LogP contribution in [0.1, 0.15) is 17.0 Å². The van der Waals surface area contributed by atoms with Gasteiger partial charge in [0.1, 0.15) is 5.25 Å². The minimum absolute atomic E-state index is 0.0787. The lowest BCUT2D eigenvalue weighted by atomic mass is 9.89. The van der Waals surface area contributed by atoms with Gasteiger partial charge in [-0.3, -0.25) is 4.79 Å². The van der Waals surface area contributed by atoms with E-state index in [0.717, 1.165) is 11.1 Å². The SMILES string of the molecule is O=C(C(c1ccccc1)c1ccccc1)N1CC(S(=O)(=O)c2ccc(Cl)cc2)C1. The molecule has 3 aromatic carbocycles. The molecule has 0 saturated carbocycles. The maximum absolute atomic E-state index is 13.3. The molecule has 0 bridgehead atoms. The van der Waals surface area contributed by atoms with Gasteiger partial charge in [0.15, 0.2) is 9.84 Å². The number of amides is 1. The predicted molar refractivity (Wildman–Crippen MR) is 114 cm³/mol. The molecule has 1 saturated heterocycles. The van der Waals surface area contributed by atoms with Gasteiger partial charge in [-0.2, -0.15) is 0 Å². The van der Waals surface area contributed by atoms with Crippen LogP contribution in [0.2, 0.25) is 5.02 Å². The van der Waals surface area contributed by atoms with Crippen LogP contribution in [0.15, 0.2) is 89.8 Å². The Balaban J connectivity index is 1.54. The quantitative estimate of drug-likeness (QED) is 0.616. The Morgan fingerprint density at radius 1 is 0.828 bits per heavy atom. The Labute approximate surface area is 175 Å². The molecule has 0 atom stereocenters. The first-order valence-electron chi connectivity index (χ1n) is 9.35. The topological polar surface area (TPSA) is 54.5 Å². The van der Waals surface area contributed by atoms with Gasteiger partial charge in [-0.05, 0) is 35.4 Å². The fourth-order valence-corrected chi connectivity index (χ4v) is 5.36. The van der Waals surface area contributed by atoms with Gasteiger partial charge in [0, 0.05) is 18.1 Å². The number of sulfone groups is 1. The average Bonchev–Trinajstić information content (AvgIpc) is 2.69. The summed E-state index contributed by atoms with van der Waals surface area (Å²) in [6.07, 6.45) is 0. The highest BCUT2D eigenvalue weighted by atomic mass is 35.5. The van der Waals surface area contributed by atoms with Gasteiger partial charge in [-0.1, -0.05) is 72.3 Å². The zero-order valence-electron chi connectivity index (χ0n) is 15.6. The monoisotopic (exact) mass is 425 g/mol. The van der Waals surface area contributed by atoms with Crippen molar-refractivity contribution in [1.82, 2.24) is 4.90 Å². The van der Waals surface area contributed by atoms with Crippen molar-refractivity contribution in [2.75, 3.05) is 13.1 Å². The van der Waals surface area contributed by atoms with Crippen LogP contribution in [0.3, 0.4) is 0 Å². The van der Waals surface area contributed by atoms with Crippen LogP contribution in [0.5, 0.6) is 0 Å². The number of nitrogens with zero attached hydrogens (tertiary/aromatic N) is 1. The molecule has 1 aliphatic heterocycles. The summed E-state index contributed by atoms with van der Waals surface area (Å²) in [5.74, 6) is -0.526. The maximum atomic E-state index is 13.3. The number of rotatable bonds is 5. The minimum atomic E-state index is -3.49. The van der Waals surface area contributed by atoms with E-state index in [0.29, 0.717) is 5.02 Å². The Hall–Kier alpha value is -2.63. The summed E-state index contributed by atoms with van der Waals surface area (Å²) in [5, 5.41) is -0.109. The molecule has 0 spiro atoms. The van der Waals surface area contributed by atoms with Crippen molar-refractivity contribution < 1.29 is 13.2 Å². The van der Waals surface area contributed by atoms with E-state index in [1.165, 1.54) is 12.1 Å². The van der Waals surface area contributed by atoms with Gasteiger partial charge < -0.3 is 4.90 Å². The van der Waals surface area contributed by atoms with Crippen LogP contribution in [-0.4, -0.2) is 37.6 Å². The first kappa shape index (κ1) is 19.7. The zero-order chi connectivity index (χ0) is 20.4. The Morgan fingerprint density at radius 3 is 1.79 bits per heavy atom. The van der Waals surface area contributed by atoms with E-state index < -0.39 is 21.0 Å². The zero-order valence-corrected chi connectivity index (χ0v) is 17.2. The molecule has 4 rings (SSSR count). The number of likely N-dealkylation sites (tertiary alicyclic amines) is 1. The molecular weight excluding hydrogens is 406 g/mol. The highest BCUT2D eigenvalue weighted by Crippen LogP contribution is 2.31. The van der Waals surface area contributed by atoms with Gasteiger partial charge in [0.05, 0.1) is 10.8 Å². The molecular formula is C23H20ClNO3S. The number of hydrogen-bond donors (Lipinski definition) is 0. The number of carbonyl (C=O) groups is 1. The van der Waals surface area contributed by atoms with Gasteiger partial charge >= 0.3 is 0 Å². The summed E-state index contributed by atoms with van der Waals surface area (Å²) in [5.41, 5.74) is 1.79. The molecule has 1 aliphatic rings. The summed E-state index contributed by atoms with van der Waals surface area (Å²) in [6.45, 7) is 0.389. The van der Waals surface area contributed by atoms with Crippen molar-refractivity contribution in [1.29, 1.82) is 0 Å². The maximum Gasteiger partial charge on any atom is 0.234 e. The lowest BCUT2D eigenvalue weighted by Gasteiger charge is -2.40. The van der Waals surface area contributed by atoms with Gasteiger partial charge in [0.25, 0.3) is 0 Å². The van der Waals surface area contributed by atoms with Crippen molar-refractivity contribution in [2.24, 2.45) is 0 Å². The number of halogens is 1. The van der Waals surface area contributed by atoms with Crippen LogP contribution in [0, 0.1) is 0 Å². The molecule has 0 radical (unpaired) electrons. The number of hydrogen-bond acceptors (Lipinski definition) is 3. The summed E-state index contributed by atoms with van der Waals surface area (Å²) in [4.78, 5) is 15.2. The highest BCUT2D eigenvalue weighted by Gasteiger charge is 2.42. The first-order valence-corrected chi connectivity index (χ1v) is 11.3. The van der Waals surface area contributed by atoms with E-state index in [4.69, 9.17) is 11.6 Å². The average molecular weight is 426 g/mol. The lowest BCUT2D eigenvalue weighted by Crippen LogP contribution is -2.58. The minimum Gasteiger partial charge on any atom is -0.339 e. The molecule has 1 fully saturated rings. The van der Waals surface area contributed by atoms with Crippen molar-refractivity contribution >= 4 is 27.3 Å². The van der Waals surface area contributed by atoms with Gasteiger partial charge in [-0.15, -0.1) is 0 Å². The van der Waals surface area contributed by atoms with Crippen LogP contribution in [0.25, 0.3) is 0 Å². The summed E-state index contributed by atoms with van der Waals surface area (Å²) in [6, 6.07) is 25.3. The second-order valence-electron chi connectivity index (χ2n) is 7.12. The van der Waals surface area contributed by atoms with E-state index in [9.17, 15) is 13.2 Å². The van der Waals surface area contributed by atoms with Crippen molar-refractivity contribution in [3.63, 3.8) is 0 Å². The van der Waals surface area contributed by atoms with E-state index in [1.54, 1.807) is 17.0 Å². The Kier molecular flexibility index (Phi) is 5.43. The predicted octanol–water partition coefficient (Wildman–Crippen LogP) is 4.16. The van der Waals surface area contributed by atoms with Crippen molar-refractivity contribution in [3.8, 4) is 0 Å². The molecule has 0 aromatic heterocycles. The second-order valence-corrected chi connectivity index (χ2v) is 9.78. The highest BCUT2D eigenvalue weighted by molar-refractivity contribution is 7.92. The number of carbonyl (C=O) groups excluding carboxylic acids is 1. The Morgan fingerprint density at radius 2 is 1.31 bits per heavy atom. The molecule has 1 amide bonds. The van der Waals surface area contributed by atoms with Crippen molar-refractivity contribution in [2.45, 2.75) is 16.1 Å². The molecule has 0 aliphatic carbocycles. The summed E-state index contributed by atoms with van der Waals surface area (Å²) >= 11 is 5.86. The third-order valence-electron chi connectivity index (χ3n) is 5.25. The molecule has 6 heteroatoms. The molecule has 3 aromatic rings. The third kappa shape index (κ3) is 3.93. The van der Waals surface area contributed by atoms with Crippen LogP contribution >= 0.6 is 11.6 Å². The molecule has 4 nitrogen and oxygen atoms in total. The Bertz CT molecular complexity index is 1050. The second kappa shape index (κ2) is 8.01. The fourth-order valence-electron chi connectivity index (χ4n) is 3.58. The normalized spacial score (nSPS) is 14.6. The van der Waals surface area contributed by atoms with E-state index >= 15 is 0 Å². The lowest BCUT2D eigenvalue weighted by molar-refractivity contribution is -0.135. The first-order chi connectivity index (χ1) is 14.0. The summed E-state index contributed by atoms with van der Waals surface area (Å²) in [7, 11) is -3.49. The molecule has 148 valence electrons. The number of benzene rings is 3. The standard InChI is InChI=1S/C23H20ClNO3S/c24-19-11-13-20(14-12-19)29(27,28)21-15-25(16-21)23(26)22(17-7-3-1-4-8-17)18-9-5-2-6-10-18/h1-14,21-22H,15-16H2. The van der Waals surface area contributed by atoms with E-state index in [-0.39, 0.29) is 23.9 Å². The smallest absolute Gasteiger partial charge is 0.234 e. The van der Waals surface area contributed by atoms with Crippen LogP contribution in [-0.2, 0) is 14.6 Å². The van der Waals surface area contributed by atoms with Crippen molar-refractivity contribution in [3.05, 3.63) is 101 Å². The largest absolute Gasteiger partial charge is 0.339 e. The molecule has 1 heterocycles. The molecule has 29 heavy (non-hydrogen) atoms. The van der Waals surface area contributed by atoms with Crippen LogP contribution < -0.4 is 0 Å². The van der Waals surface area contributed by atoms with E-state index in [1.807, 2.05) is 60.7 Å². The fraction of sp³-hybridized carbons (Fsp3) is 0.174. The molecule has 0 N–H and O–H groups in total. The van der Waals surface area contributed by atoms with E-state index in [2.05, 4.69) is 0 Å². The summed E-state index contributed by atoms with van der Waals surface area (Å²) < 4.78 is 25.6.